The van der Waals surface area contributed by atoms with Gasteiger partial charge in [0, 0.05) is 16.9 Å². The summed E-state index contributed by atoms with van der Waals surface area (Å²) in [6.07, 6.45) is 0. The molecule has 0 radical (unpaired) electrons. The van der Waals surface area contributed by atoms with Crippen LogP contribution in [0.5, 0.6) is 5.75 Å². The lowest BCUT2D eigenvalue weighted by Crippen LogP contribution is -2.32. The first-order valence-corrected chi connectivity index (χ1v) is 10.0. The number of nitrogens with one attached hydrogen (secondary N) is 2. The number of benzene rings is 3. The number of phenols is 1. The van der Waals surface area contributed by atoms with Gasteiger partial charge in [-0.05, 0) is 67.6 Å². The van der Waals surface area contributed by atoms with Crippen LogP contribution in [0.15, 0.2) is 83.5 Å². The highest BCUT2D eigenvalue weighted by atomic mass is 35.5. The van der Waals surface area contributed by atoms with Gasteiger partial charge in [-0.1, -0.05) is 29.3 Å². The van der Waals surface area contributed by atoms with E-state index in [1.807, 2.05) is 6.92 Å². The van der Waals surface area contributed by atoms with E-state index in [2.05, 4.69) is 10.6 Å². The largest absolute Gasteiger partial charge is 0.508 e. The molecule has 0 fully saturated rings. The minimum absolute atomic E-state index is 0.0291. The van der Waals surface area contributed by atoms with Gasteiger partial charge in [0.2, 0.25) is 0 Å². The minimum atomic E-state index is -0.604. The monoisotopic (exact) mass is 447 g/mol. The SMILES string of the molecule is Cc1ccc(N2C(=O)C(Cl)=C(Nc3ccc(C(=O)Nc4ccc(O)cc4)cc3)C2=O)cc1. The Morgan fingerprint density at radius 3 is 2.06 bits per heavy atom. The fourth-order valence-corrected chi connectivity index (χ4v) is 3.35. The zero-order valence-electron chi connectivity index (χ0n) is 16.9. The molecule has 3 aromatic carbocycles. The van der Waals surface area contributed by atoms with Crippen molar-refractivity contribution in [2.75, 3.05) is 15.5 Å². The lowest BCUT2D eigenvalue weighted by molar-refractivity contribution is -0.120. The number of hydrogen-bond acceptors (Lipinski definition) is 5. The van der Waals surface area contributed by atoms with Gasteiger partial charge in [0.05, 0.1) is 5.69 Å². The number of nitrogens with zero attached hydrogens (tertiary/aromatic N) is 1. The van der Waals surface area contributed by atoms with E-state index in [9.17, 15) is 19.5 Å². The Labute approximate surface area is 188 Å². The molecular formula is C24H18ClN3O4. The molecule has 1 heterocycles. The molecular weight excluding hydrogens is 430 g/mol. The van der Waals surface area contributed by atoms with Crippen LogP contribution in [0.2, 0.25) is 0 Å². The van der Waals surface area contributed by atoms with Gasteiger partial charge in [-0.3, -0.25) is 14.4 Å². The van der Waals surface area contributed by atoms with Crippen molar-refractivity contribution in [2.45, 2.75) is 6.92 Å². The number of anilines is 3. The van der Waals surface area contributed by atoms with Crippen LogP contribution in [0, 0.1) is 6.92 Å². The molecule has 0 atom stereocenters. The molecule has 3 N–H and O–H groups in total. The van der Waals surface area contributed by atoms with E-state index >= 15 is 0 Å². The van der Waals surface area contributed by atoms with Crippen molar-refractivity contribution in [3.05, 3.63) is 94.7 Å². The first-order chi connectivity index (χ1) is 15.3. The van der Waals surface area contributed by atoms with E-state index in [-0.39, 0.29) is 22.4 Å². The summed E-state index contributed by atoms with van der Waals surface area (Å²) in [6, 6.07) is 19.4. The third-order valence-electron chi connectivity index (χ3n) is 4.86. The minimum Gasteiger partial charge on any atom is -0.508 e. The molecule has 0 spiro atoms. The van der Waals surface area contributed by atoms with Crippen molar-refractivity contribution in [1.82, 2.24) is 0 Å². The summed E-state index contributed by atoms with van der Waals surface area (Å²) in [5.74, 6) is -1.39. The maximum absolute atomic E-state index is 12.8. The summed E-state index contributed by atoms with van der Waals surface area (Å²) >= 11 is 6.16. The lowest BCUT2D eigenvalue weighted by atomic mass is 10.2. The second-order valence-electron chi connectivity index (χ2n) is 7.17. The lowest BCUT2D eigenvalue weighted by Gasteiger charge is -2.15. The topological polar surface area (TPSA) is 98.7 Å². The molecule has 4 rings (SSSR count). The van der Waals surface area contributed by atoms with Crippen LogP contribution in [0.1, 0.15) is 15.9 Å². The predicted molar refractivity (Wildman–Crippen MR) is 123 cm³/mol. The van der Waals surface area contributed by atoms with Crippen molar-refractivity contribution >= 4 is 46.4 Å². The molecule has 3 amide bonds. The smallest absolute Gasteiger partial charge is 0.283 e. The highest BCUT2D eigenvalue weighted by molar-refractivity contribution is 6.53. The standard InChI is InChI=1S/C24H18ClN3O4/c1-14-2-10-18(11-3-14)28-23(31)20(25)21(24(28)32)26-16-6-4-15(5-7-16)22(30)27-17-8-12-19(29)13-9-17/h2-13,26,29H,1H3,(H,27,30). The van der Waals surface area contributed by atoms with E-state index < -0.39 is 11.8 Å². The second kappa shape index (κ2) is 8.56. The molecule has 7 nitrogen and oxygen atoms in total. The quantitative estimate of drug-likeness (QED) is 0.398. The van der Waals surface area contributed by atoms with Crippen LogP contribution in [0.4, 0.5) is 17.1 Å². The highest BCUT2D eigenvalue weighted by Gasteiger charge is 2.38. The molecule has 1 aliphatic rings. The number of carbonyl (C=O) groups is 3. The molecule has 0 aliphatic carbocycles. The molecule has 8 heteroatoms. The van der Waals surface area contributed by atoms with Crippen molar-refractivity contribution in [2.24, 2.45) is 0 Å². The van der Waals surface area contributed by atoms with Gasteiger partial charge in [-0.15, -0.1) is 0 Å². The molecule has 0 aromatic heterocycles. The van der Waals surface area contributed by atoms with Crippen LogP contribution in [-0.4, -0.2) is 22.8 Å². The Kier molecular flexibility index (Phi) is 5.66. The zero-order valence-corrected chi connectivity index (χ0v) is 17.7. The van der Waals surface area contributed by atoms with Gasteiger partial charge >= 0.3 is 0 Å². The first-order valence-electron chi connectivity index (χ1n) is 9.66. The van der Waals surface area contributed by atoms with E-state index in [1.54, 1.807) is 60.7 Å². The van der Waals surface area contributed by atoms with Crippen molar-refractivity contribution in [3.8, 4) is 5.75 Å². The number of imide groups is 1. The first kappa shape index (κ1) is 21.1. The van der Waals surface area contributed by atoms with Crippen LogP contribution >= 0.6 is 11.6 Å². The van der Waals surface area contributed by atoms with Gasteiger partial charge in [0.25, 0.3) is 17.7 Å². The molecule has 0 bridgehead atoms. The normalized spacial score (nSPS) is 13.5. The third-order valence-corrected chi connectivity index (χ3v) is 5.21. The van der Waals surface area contributed by atoms with Gasteiger partial charge < -0.3 is 15.7 Å². The van der Waals surface area contributed by atoms with E-state index in [0.717, 1.165) is 10.5 Å². The Hall–Kier alpha value is -4.10. The van der Waals surface area contributed by atoms with Crippen LogP contribution in [0.25, 0.3) is 0 Å². The van der Waals surface area contributed by atoms with Crippen LogP contribution in [0.3, 0.4) is 0 Å². The van der Waals surface area contributed by atoms with Crippen LogP contribution in [-0.2, 0) is 9.59 Å². The molecule has 0 unspecified atom stereocenters. The fraction of sp³-hybridized carbons (Fsp3) is 0.0417. The summed E-state index contributed by atoms with van der Waals surface area (Å²) in [4.78, 5) is 38.8. The average Bonchev–Trinajstić information content (AvgIpc) is 3.00. The average molecular weight is 448 g/mol. The van der Waals surface area contributed by atoms with Crippen molar-refractivity contribution in [1.29, 1.82) is 0 Å². The number of hydrogen-bond donors (Lipinski definition) is 3. The molecule has 3 aromatic rings. The zero-order chi connectivity index (χ0) is 22.8. The fourth-order valence-electron chi connectivity index (χ4n) is 3.14. The van der Waals surface area contributed by atoms with Crippen LogP contribution < -0.4 is 15.5 Å². The summed E-state index contributed by atoms with van der Waals surface area (Å²) in [7, 11) is 0. The molecule has 32 heavy (non-hydrogen) atoms. The highest BCUT2D eigenvalue weighted by Crippen LogP contribution is 2.30. The Balaban J connectivity index is 1.47. The Morgan fingerprint density at radius 2 is 1.44 bits per heavy atom. The van der Waals surface area contributed by atoms with E-state index in [4.69, 9.17) is 11.6 Å². The van der Waals surface area contributed by atoms with Gasteiger partial charge in [-0.2, -0.15) is 0 Å². The van der Waals surface area contributed by atoms with Gasteiger partial charge in [-0.25, -0.2) is 4.90 Å². The predicted octanol–water partition coefficient (Wildman–Crippen LogP) is 4.39. The van der Waals surface area contributed by atoms with Gasteiger partial charge in [0.1, 0.15) is 16.5 Å². The summed E-state index contributed by atoms with van der Waals surface area (Å²) in [5.41, 5.74) is 2.82. The second-order valence-corrected chi connectivity index (χ2v) is 7.55. The van der Waals surface area contributed by atoms with Crippen molar-refractivity contribution < 1.29 is 19.5 Å². The molecule has 0 saturated carbocycles. The maximum atomic E-state index is 12.8. The number of rotatable bonds is 5. The summed E-state index contributed by atoms with van der Waals surface area (Å²) < 4.78 is 0. The number of phenolic OH excluding ortho intramolecular Hbond substituents is 1. The van der Waals surface area contributed by atoms with E-state index in [1.165, 1.54) is 12.1 Å². The number of aromatic hydroxyl groups is 1. The number of amides is 3. The van der Waals surface area contributed by atoms with Gasteiger partial charge in [0.15, 0.2) is 0 Å². The number of aryl methyl sites for hydroxylation is 1. The number of halogens is 1. The molecule has 1 aliphatic heterocycles. The molecule has 0 saturated heterocycles. The molecule has 160 valence electrons. The number of carbonyl (C=O) groups excluding carboxylic acids is 3. The Morgan fingerprint density at radius 1 is 0.844 bits per heavy atom. The summed E-state index contributed by atoms with van der Waals surface area (Å²) in [6.45, 7) is 1.91. The van der Waals surface area contributed by atoms with E-state index in [0.29, 0.717) is 22.6 Å². The maximum Gasteiger partial charge on any atom is 0.283 e. The van der Waals surface area contributed by atoms with Crippen molar-refractivity contribution in [3.63, 3.8) is 0 Å². The summed E-state index contributed by atoms with van der Waals surface area (Å²) in [5, 5.41) is 14.7. The third kappa shape index (κ3) is 4.19. The Bertz CT molecular complexity index is 1230.